The van der Waals surface area contributed by atoms with Crippen molar-refractivity contribution >= 4 is 35.7 Å². The normalized spacial score (nSPS) is 15.4. The first kappa shape index (κ1) is 28.7. The van der Waals surface area contributed by atoms with Gasteiger partial charge in [0.15, 0.2) is 8.32 Å². The Kier molecular flexibility index (Phi) is 8.83. The van der Waals surface area contributed by atoms with Crippen LogP contribution >= 0.6 is 11.3 Å². The number of hydrogen-bond acceptors (Lipinski definition) is 7. The van der Waals surface area contributed by atoms with E-state index < -0.39 is 53.8 Å². The van der Waals surface area contributed by atoms with Gasteiger partial charge >= 0.3 is 21.6 Å². The van der Waals surface area contributed by atoms with E-state index in [2.05, 4.69) is 4.18 Å². The Morgan fingerprint density at radius 3 is 2.12 bits per heavy atom. The first-order valence-corrected chi connectivity index (χ1v) is 15.0. The second-order valence-corrected chi connectivity index (χ2v) is 17.0. The summed E-state index contributed by atoms with van der Waals surface area (Å²) in [7, 11) is -8.42. The zero-order valence-corrected chi connectivity index (χ0v) is 22.1. The van der Waals surface area contributed by atoms with E-state index in [-0.39, 0.29) is 5.04 Å². The van der Waals surface area contributed by atoms with Gasteiger partial charge in [-0.15, -0.1) is 11.3 Å². The second-order valence-electron chi connectivity index (χ2n) is 9.71. The fourth-order valence-corrected chi connectivity index (χ4v) is 4.77. The fraction of sp³-hybridized carbons (Fsp3) is 0.650. The Labute approximate surface area is 193 Å². The molecule has 6 nitrogen and oxygen atoms in total. The number of rotatable bonds is 8. The summed E-state index contributed by atoms with van der Waals surface area (Å²) in [4.78, 5) is 12.9. The lowest BCUT2D eigenvalue weighted by molar-refractivity contribution is -0.148. The van der Waals surface area contributed by atoms with E-state index in [4.69, 9.17) is 9.16 Å². The molecule has 1 aromatic rings. The SMILES string of the molecule is CC(C)(C)OC(=O)/C=C(/CC(O[Si](C)(C)C(C)(C)C)c1cccs1)OS(=O)(=O)C(F)(F)F. The van der Waals surface area contributed by atoms with E-state index in [9.17, 15) is 26.4 Å². The van der Waals surface area contributed by atoms with Crippen LogP contribution < -0.4 is 0 Å². The highest BCUT2D eigenvalue weighted by molar-refractivity contribution is 7.87. The first-order valence-electron chi connectivity index (χ1n) is 9.80. The molecule has 1 atom stereocenters. The maximum atomic E-state index is 13.0. The predicted molar refractivity (Wildman–Crippen MR) is 120 cm³/mol. The molecule has 1 rings (SSSR count). The van der Waals surface area contributed by atoms with Crippen LogP contribution in [0.1, 0.15) is 58.9 Å². The van der Waals surface area contributed by atoms with Crippen molar-refractivity contribution in [2.45, 2.75) is 83.3 Å². The van der Waals surface area contributed by atoms with E-state index in [0.717, 1.165) is 0 Å². The van der Waals surface area contributed by atoms with Crippen molar-refractivity contribution in [2.75, 3.05) is 0 Å². The molecule has 0 radical (unpaired) electrons. The van der Waals surface area contributed by atoms with E-state index in [1.165, 1.54) is 11.3 Å². The van der Waals surface area contributed by atoms with Crippen LogP contribution in [0.2, 0.25) is 18.1 Å². The number of hydrogen-bond donors (Lipinski definition) is 0. The highest BCUT2D eigenvalue weighted by Crippen LogP contribution is 2.42. The molecule has 0 bridgehead atoms. The third-order valence-corrected chi connectivity index (χ3v) is 11.1. The molecule has 0 aromatic carbocycles. The lowest BCUT2D eigenvalue weighted by Crippen LogP contribution is -2.42. The Morgan fingerprint density at radius 1 is 1.16 bits per heavy atom. The summed E-state index contributed by atoms with van der Waals surface area (Å²) in [5.74, 6) is -1.74. The third-order valence-electron chi connectivity index (χ3n) is 4.68. The van der Waals surface area contributed by atoms with Gasteiger partial charge in [-0.2, -0.15) is 21.6 Å². The largest absolute Gasteiger partial charge is 0.534 e. The minimum absolute atomic E-state index is 0.226. The van der Waals surface area contributed by atoms with Crippen molar-refractivity contribution in [3.8, 4) is 0 Å². The number of ether oxygens (including phenoxy) is 1. The first-order chi connectivity index (χ1) is 14.1. The maximum Gasteiger partial charge on any atom is 0.534 e. The molecule has 0 aliphatic heterocycles. The molecular weight excluding hydrogens is 485 g/mol. The minimum Gasteiger partial charge on any atom is -0.457 e. The van der Waals surface area contributed by atoms with Gasteiger partial charge in [-0.05, 0) is 50.3 Å². The fourth-order valence-electron chi connectivity index (χ4n) is 2.16. The molecule has 0 aliphatic rings. The number of thiophene rings is 1. The smallest absolute Gasteiger partial charge is 0.457 e. The summed E-state index contributed by atoms with van der Waals surface area (Å²) in [5.41, 5.74) is -6.59. The number of halogens is 3. The van der Waals surface area contributed by atoms with Gasteiger partial charge in [-0.3, -0.25) is 0 Å². The highest BCUT2D eigenvalue weighted by Gasteiger charge is 2.49. The molecule has 0 amide bonds. The summed E-state index contributed by atoms with van der Waals surface area (Å²) in [5, 5.41) is 1.54. The van der Waals surface area contributed by atoms with Gasteiger partial charge < -0.3 is 13.3 Å². The van der Waals surface area contributed by atoms with Crippen LogP contribution in [0.5, 0.6) is 0 Å². The molecule has 0 aliphatic carbocycles. The Hall–Kier alpha value is -1.37. The lowest BCUT2D eigenvalue weighted by Gasteiger charge is -2.39. The van der Waals surface area contributed by atoms with Gasteiger partial charge in [0.2, 0.25) is 0 Å². The Bertz CT molecular complexity index is 909. The highest BCUT2D eigenvalue weighted by atomic mass is 32.2. The zero-order chi connectivity index (χ0) is 25.2. The van der Waals surface area contributed by atoms with Crippen molar-refractivity contribution in [3.63, 3.8) is 0 Å². The van der Waals surface area contributed by atoms with Crippen molar-refractivity contribution < 1.29 is 39.7 Å². The van der Waals surface area contributed by atoms with Crippen LogP contribution in [0.15, 0.2) is 29.3 Å². The Morgan fingerprint density at radius 2 is 1.72 bits per heavy atom. The Balaban J connectivity index is 3.40. The van der Waals surface area contributed by atoms with Crippen LogP contribution in [-0.2, 0) is 28.3 Å². The van der Waals surface area contributed by atoms with Crippen molar-refractivity contribution in [1.29, 1.82) is 0 Å². The molecule has 0 N–H and O–H groups in total. The third kappa shape index (κ3) is 8.52. The summed E-state index contributed by atoms with van der Waals surface area (Å²) < 4.78 is 78.0. The quantitative estimate of drug-likeness (QED) is 0.101. The number of alkyl halides is 3. The van der Waals surface area contributed by atoms with Gasteiger partial charge in [0, 0.05) is 11.3 Å². The maximum absolute atomic E-state index is 13.0. The average Bonchev–Trinajstić information content (AvgIpc) is 3.03. The van der Waals surface area contributed by atoms with Crippen molar-refractivity contribution in [2.24, 2.45) is 0 Å². The molecule has 0 spiro atoms. The molecule has 1 aromatic heterocycles. The molecule has 0 saturated heterocycles. The molecule has 1 unspecified atom stereocenters. The van der Waals surface area contributed by atoms with Crippen molar-refractivity contribution in [1.82, 2.24) is 0 Å². The number of carbonyl (C=O) groups is 1. The molecule has 32 heavy (non-hydrogen) atoms. The summed E-state index contributed by atoms with van der Waals surface area (Å²) in [6.07, 6.45) is -0.584. The summed E-state index contributed by atoms with van der Waals surface area (Å²) in [6, 6.07) is 3.47. The number of esters is 1. The summed E-state index contributed by atoms with van der Waals surface area (Å²) in [6.45, 7) is 14.6. The average molecular weight is 517 g/mol. The van der Waals surface area contributed by atoms with Crippen LogP contribution in [0, 0.1) is 0 Å². The monoisotopic (exact) mass is 516 g/mol. The van der Waals surface area contributed by atoms with Gasteiger partial charge in [-0.25, -0.2) is 4.79 Å². The van der Waals surface area contributed by atoms with E-state index in [1.807, 2.05) is 33.9 Å². The van der Waals surface area contributed by atoms with E-state index >= 15 is 0 Å². The molecule has 0 saturated carbocycles. The molecular formula is C20H31F3O6S2Si. The van der Waals surface area contributed by atoms with E-state index in [0.29, 0.717) is 11.0 Å². The van der Waals surface area contributed by atoms with Crippen LogP contribution in [0.3, 0.4) is 0 Å². The topological polar surface area (TPSA) is 78.9 Å². The predicted octanol–water partition coefficient (Wildman–Crippen LogP) is 6.29. The van der Waals surface area contributed by atoms with Gasteiger partial charge in [0.05, 0.1) is 12.2 Å². The standard InChI is InChI=1S/C20H31F3O6S2Si/c1-18(2,3)27-17(24)13-14(28-31(25,26)20(21,22)23)12-15(16-10-9-11-30-16)29-32(7,8)19(4,5)6/h9-11,13,15H,12H2,1-8H3/b14-13-. The van der Waals surface area contributed by atoms with Crippen LogP contribution in [0.4, 0.5) is 13.2 Å². The van der Waals surface area contributed by atoms with Gasteiger partial charge in [0.25, 0.3) is 0 Å². The summed E-state index contributed by atoms with van der Waals surface area (Å²) >= 11 is 1.30. The second kappa shape index (κ2) is 9.86. The molecule has 0 fully saturated rings. The van der Waals surface area contributed by atoms with E-state index in [1.54, 1.807) is 38.3 Å². The van der Waals surface area contributed by atoms with Gasteiger partial charge in [0.1, 0.15) is 11.4 Å². The molecule has 184 valence electrons. The van der Waals surface area contributed by atoms with Crippen LogP contribution in [0.25, 0.3) is 0 Å². The van der Waals surface area contributed by atoms with Gasteiger partial charge in [-0.1, -0.05) is 26.8 Å². The van der Waals surface area contributed by atoms with Crippen molar-refractivity contribution in [3.05, 3.63) is 34.2 Å². The number of carbonyl (C=O) groups excluding carboxylic acids is 1. The zero-order valence-electron chi connectivity index (χ0n) is 19.5. The molecule has 12 heteroatoms. The molecule has 1 heterocycles. The van der Waals surface area contributed by atoms with Crippen LogP contribution in [-0.4, -0.2) is 33.8 Å². The lowest BCUT2D eigenvalue weighted by atomic mass is 10.1. The minimum atomic E-state index is -5.99.